The summed E-state index contributed by atoms with van der Waals surface area (Å²) in [4.78, 5) is 0.238. The van der Waals surface area contributed by atoms with E-state index < -0.39 is 0 Å². The fourth-order valence-electron chi connectivity index (χ4n) is 1.42. The summed E-state index contributed by atoms with van der Waals surface area (Å²) >= 11 is 11.0. The lowest BCUT2D eigenvalue weighted by Gasteiger charge is -2.12. The lowest BCUT2D eigenvalue weighted by Crippen LogP contribution is -2.14. The van der Waals surface area contributed by atoms with Crippen LogP contribution < -0.4 is 10.5 Å². The van der Waals surface area contributed by atoms with E-state index in [0.717, 1.165) is 19.4 Å². The van der Waals surface area contributed by atoms with Crippen molar-refractivity contribution < 1.29 is 9.47 Å². The minimum Gasteiger partial charge on any atom is -0.490 e. The Bertz CT molecular complexity index is 399. The highest BCUT2D eigenvalue weighted by molar-refractivity contribution is 7.80. The van der Waals surface area contributed by atoms with E-state index in [1.54, 1.807) is 18.2 Å². The zero-order valence-electron chi connectivity index (χ0n) is 10.4. The van der Waals surface area contributed by atoms with Crippen LogP contribution in [0.2, 0.25) is 5.02 Å². The molecule has 0 aliphatic rings. The van der Waals surface area contributed by atoms with Gasteiger partial charge in [-0.25, -0.2) is 0 Å². The molecule has 0 aliphatic heterocycles. The normalized spacial score (nSPS) is 10.3. The van der Waals surface area contributed by atoms with Gasteiger partial charge in [-0.15, -0.1) is 0 Å². The second kappa shape index (κ2) is 8.29. The van der Waals surface area contributed by atoms with Crippen molar-refractivity contribution in [2.45, 2.75) is 19.8 Å². The van der Waals surface area contributed by atoms with Crippen LogP contribution in [0.25, 0.3) is 0 Å². The summed E-state index contributed by atoms with van der Waals surface area (Å²) in [7, 11) is 0. The quantitative estimate of drug-likeness (QED) is 0.589. The molecule has 1 rings (SSSR count). The average Bonchev–Trinajstić information content (AvgIpc) is 2.33. The van der Waals surface area contributed by atoms with Crippen molar-refractivity contribution in [2.75, 3.05) is 19.8 Å². The number of halogens is 1. The molecular weight excluding hydrogens is 270 g/mol. The molecule has 100 valence electrons. The van der Waals surface area contributed by atoms with Crippen LogP contribution in [-0.4, -0.2) is 24.8 Å². The number of unbranched alkanes of at least 4 members (excludes halogenated alkanes) is 1. The Kier molecular flexibility index (Phi) is 7.01. The molecule has 0 radical (unpaired) electrons. The maximum atomic E-state index is 6.03. The van der Waals surface area contributed by atoms with Gasteiger partial charge in [0.25, 0.3) is 0 Å². The van der Waals surface area contributed by atoms with Crippen LogP contribution >= 0.6 is 23.8 Å². The molecule has 18 heavy (non-hydrogen) atoms. The molecule has 0 amide bonds. The molecule has 0 fully saturated rings. The number of benzene rings is 1. The number of hydrogen-bond donors (Lipinski definition) is 1. The van der Waals surface area contributed by atoms with Crippen molar-refractivity contribution in [1.29, 1.82) is 0 Å². The second-order valence-electron chi connectivity index (χ2n) is 3.79. The number of ether oxygens (including phenoxy) is 2. The molecule has 3 nitrogen and oxygen atoms in total. The molecular formula is C13H18ClNO2S. The number of nitrogens with two attached hydrogens (primary N) is 1. The second-order valence-corrected chi connectivity index (χ2v) is 4.64. The maximum Gasteiger partial charge on any atom is 0.131 e. The molecule has 0 saturated carbocycles. The van der Waals surface area contributed by atoms with Crippen molar-refractivity contribution in [2.24, 2.45) is 5.73 Å². The van der Waals surface area contributed by atoms with E-state index in [9.17, 15) is 0 Å². The first-order chi connectivity index (χ1) is 8.66. The van der Waals surface area contributed by atoms with Gasteiger partial charge in [-0.2, -0.15) is 0 Å². The molecule has 0 saturated heterocycles. The third-order valence-electron chi connectivity index (χ3n) is 2.35. The molecule has 5 heteroatoms. The lowest BCUT2D eigenvalue weighted by atomic mass is 10.2. The summed E-state index contributed by atoms with van der Waals surface area (Å²) in [6.45, 7) is 3.89. The monoisotopic (exact) mass is 287 g/mol. The van der Waals surface area contributed by atoms with Gasteiger partial charge in [0.2, 0.25) is 0 Å². The Morgan fingerprint density at radius 1 is 1.33 bits per heavy atom. The van der Waals surface area contributed by atoms with Crippen molar-refractivity contribution in [3.05, 3.63) is 28.8 Å². The molecule has 0 bridgehead atoms. The first-order valence-corrected chi connectivity index (χ1v) is 6.74. The van der Waals surface area contributed by atoms with E-state index >= 15 is 0 Å². The van der Waals surface area contributed by atoms with Crippen LogP contribution in [0.15, 0.2) is 18.2 Å². The Balaban J connectivity index is 2.47. The smallest absolute Gasteiger partial charge is 0.131 e. The summed E-state index contributed by atoms with van der Waals surface area (Å²) < 4.78 is 11.0. The van der Waals surface area contributed by atoms with Crippen molar-refractivity contribution in [1.82, 2.24) is 0 Å². The van der Waals surface area contributed by atoms with Crippen molar-refractivity contribution in [3.63, 3.8) is 0 Å². The van der Waals surface area contributed by atoms with Gasteiger partial charge in [0.05, 0.1) is 17.2 Å². The topological polar surface area (TPSA) is 44.5 Å². The predicted octanol–water partition coefficient (Wildman–Crippen LogP) is 3.17. The molecule has 0 unspecified atom stereocenters. The SMILES string of the molecule is CCCCOCCOc1cccc(Cl)c1C(N)=S. The summed E-state index contributed by atoms with van der Waals surface area (Å²) in [6, 6.07) is 5.34. The van der Waals surface area contributed by atoms with Crippen LogP contribution in [0, 0.1) is 0 Å². The fourth-order valence-corrected chi connectivity index (χ4v) is 1.96. The molecule has 0 atom stereocenters. The Labute approximate surface area is 118 Å². The summed E-state index contributed by atoms with van der Waals surface area (Å²) in [5, 5.41) is 0.506. The van der Waals surface area contributed by atoms with E-state index in [-0.39, 0.29) is 4.99 Å². The van der Waals surface area contributed by atoms with Gasteiger partial charge in [-0.05, 0) is 18.6 Å². The minimum absolute atomic E-state index is 0.238. The van der Waals surface area contributed by atoms with E-state index in [1.807, 2.05) is 0 Å². The summed E-state index contributed by atoms with van der Waals surface area (Å²) in [5.41, 5.74) is 6.21. The molecule has 2 N–H and O–H groups in total. The molecule has 0 spiro atoms. The third-order valence-corrected chi connectivity index (χ3v) is 2.87. The number of hydrogen-bond acceptors (Lipinski definition) is 3. The van der Waals surface area contributed by atoms with E-state index in [2.05, 4.69) is 6.92 Å². The zero-order valence-corrected chi connectivity index (χ0v) is 12.0. The fraction of sp³-hybridized carbons (Fsp3) is 0.462. The first kappa shape index (κ1) is 15.2. The van der Waals surface area contributed by atoms with Crippen LogP contribution in [0.3, 0.4) is 0 Å². The highest BCUT2D eigenvalue weighted by Crippen LogP contribution is 2.26. The average molecular weight is 288 g/mol. The van der Waals surface area contributed by atoms with Gasteiger partial charge in [-0.1, -0.05) is 43.2 Å². The lowest BCUT2D eigenvalue weighted by molar-refractivity contribution is 0.0980. The van der Waals surface area contributed by atoms with Crippen molar-refractivity contribution in [3.8, 4) is 5.75 Å². The number of thiocarbonyl (C=S) groups is 1. The summed E-state index contributed by atoms with van der Waals surface area (Å²) in [6.07, 6.45) is 2.19. The maximum absolute atomic E-state index is 6.03. The zero-order chi connectivity index (χ0) is 13.4. The highest BCUT2D eigenvalue weighted by Gasteiger charge is 2.10. The minimum atomic E-state index is 0.238. The Morgan fingerprint density at radius 3 is 2.78 bits per heavy atom. The Hall–Kier alpha value is -0.840. The van der Waals surface area contributed by atoms with Crippen LogP contribution in [-0.2, 0) is 4.74 Å². The van der Waals surface area contributed by atoms with E-state index in [1.165, 1.54) is 0 Å². The van der Waals surface area contributed by atoms with E-state index in [0.29, 0.717) is 29.5 Å². The van der Waals surface area contributed by atoms with Gasteiger partial charge in [0.1, 0.15) is 17.3 Å². The summed E-state index contributed by atoms with van der Waals surface area (Å²) in [5.74, 6) is 0.606. The van der Waals surface area contributed by atoms with Crippen LogP contribution in [0.4, 0.5) is 0 Å². The number of rotatable bonds is 8. The van der Waals surface area contributed by atoms with Gasteiger partial charge in [0.15, 0.2) is 0 Å². The third kappa shape index (κ3) is 4.80. The highest BCUT2D eigenvalue weighted by atomic mass is 35.5. The van der Waals surface area contributed by atoms with Crippen LogP contribution in [0.5, 0.6) is 5.75 Å². The van der Waals surface area contributed by atoms with Crippen molar-refractivity contribution >= 4 is 28.8 Å². The van der Waals surface area contributed by atoms with E-state index in [4.69, 9.17) is 39.0 Å². The molecule has 1 aromatic rings. The van der Waals surface area contributed by atoms with Gasteiger partial charge in [-0.3, -0.25) is 0 Å². The van der Waals surface area contributed by atoms with Gasteiger partial charge >= 0.3 is 0 Å². The predicted molar refractivity (Wildman–Crippen MR) is 78.6 cm³/mol. The molecule has 1 aromatic carbocycles. The molecule has 0 aromatic heterocycles. The Morgan fingerprint density at radius 2 is 2.11 bits per heavy atom. The standard InChI is InChI=1S/C13H18ClNO2S/c1-2-3-7-16-8-9-17-11-6-4-5-10(14)12(11)13(15)18/h4-6H,2-3,7-9H2,1H3,(H2,15,18). The van der Waals surface area contributed by atoms with Crippen LogP contribution in [0.1, 0.15) is 25.3 Å². The molecule has 0 heterocycles. The van der Waals surface area contributed by atoms with Gasteiger partial charge in [0, 0.05) is 6.61 Å². The molecule has 0 aliphatic carbocycles. The van der Waals surface area contributed by atoms with Gasteiger partial charge < -0.3 is 15.2 Å². The largest absolute Gasteiger partial charge is 0.490 e. The first-order valence-electron chi connectivity index (χ1n) is 5.95.